The van der Waals surface area contributed by atoms with Crippen LogP contribution in [-0.4, -0.2) is 30.8 Å². The number of nitrogens with one attached hydrogen (secondary N) is 2. The Morgan fingerprint density at radius 1 is 1.12 bits per heavy atom. The van der Waals surface area contributed by atoms with Crippen LogP contribution in [0.3, 0.4) is 0 Å². The summed E-state index contributed by atoms with van der Waals surface area (Å²) < 4.78 is 24.3. The number of anilines is 1. The first kappa shape index (κ1) is 18.8. The summed E-state index contributed by atoms with van der Waals surface area (Å²) in [6, 6.07) is 12.8. The molecule has 5 nitrogen and oxygen atoms in total. The summed E-state index contributed by atoms with van der Waals surface area (Å²) in [5.74, 6) is -0.505. The molecule has 0 bridgehead atoms. The highest BCUT2D eigenvalue weighted by atomic mass is 32.1. The lowest BCUT2D eigenvalue weighted by Crippen LogP contribution is -2.34. The van der Waals surface area contributed by atoms with Gasteiger partial charge in [-0.05, 0) is 55.5 Å². The number of carbonyl (C=O) groups is 1. The van der Waals surface area contributed by atoms with E-state index in [4.69, 9.17) is 21.7 Å². The largest absolute Gasteiger partial charge is 0.491 e. The van der Waals surface area contributed by atoms with Crippen LogP contribution in [0.4, 0.5) is 10.1 Å². The van der Waals surface area contributed by atoms with Crippen LogP contribution in [0.25, 0.3) is 0 Å². The molecule has 0 aliphatic heterocycles. The van der Waals surface area contributed by atoms with E-state index in [0.29, 0.717) is 31.3 Å². The van der Waals surface area contributed by atoms with Crippen LogP contribution in [0.1, 0.15) is 17.3 Å². The molecule has 0 atom stereocenters. The van der Waals surface area contributed by atoms with Gasteiger partial charge in [0, 0.05) is 12.3 Å². The predicted molar refractivity (Wildman–Crippen MR) is 98.5 cm³/mol. The molecular weight excluding hydrogens is 343 g/mol. The van der Waals surface area contributed by atoms with E-state index in [1.54, 1.807) is 30.3 Å². The van der Waals surface area contributed by atoms with Gasteiger partial charge in [-0.15, -0.1) is 0 Å². The number of carbonyl (C=O) groups excluding carboxylic acids is 1. The molecule has 2 rings (SSSR count). The Labute approximate surface area is 151 Å². The topological polar surface area (TPSA) is 59.6 Å². The second kappa shape index (κ2) is 9.71. The van der Waals surface area contributed by atoms with Crippen molar-refractivity contribution >= 4 is 28.9 Å². The van der Waals surface area contributed by atoms with Crippen molar-refractivity contribution in [2.45, 2.75) is 6.92 Å². The van der Waals surface area contributed by atoms with Crippen molar-refractivity contribution in [2.24, 2.45) is 0 Å². The van der Waals surface area contributed by atoms with Crippen molar-refractivity contribution in [3.05, 3.63) is 59.9 Å². The molecule has 1 amide bonds. The molecule has 25 heavy (non-hydrogen) atoms. The minimum absolute atomic E-state index is 0.0651. The Bertz CT molecular complexity index is 723. The zero-order valence-corrected chi connectivity index (χ0v) is 14.6. The van der Waals surface area contributed by atoms with E-state index in [0.717, 1.165) is 0 Å². The Balaban J connectivity index is 1.84. The molecule has 2 N–H and O–H groups in total. The molecule has 132 valence electrons. The van der Waals surface area contributed by atoms with Crippen LogP contribution < -0.4 is 15.4 Å². The molecule has 2 aromatic carbocycles. The van der Waals surface area contributed by atoms with E-state index in [-0.39, 0.29) is 10.7 Å². The van der Waals surface area contributed by atoms with Crippen molar-refractivity contribution in [1.82, 2.24) is 5.32 Å². The SMILES string of the molecule is CCOCCOc1ccc(NC(=S)NC(=O)c2ccccc2F)cc1. The number of hydrogen-bond acceptors (Lipinski definition) is 4. The third kappa shape index (κ3) is 6.13. The van der Waals surface area contributed by atoms with Gasteiger partial charge in [0.15, 0.2) is 5.11 Å². The minimum atomic E-state index is -0.605. The van der Waals surface area contributed by atoms with Crippen LogP contribution >= 0.6 is 12.2 Å². The highest BCUT2D eigenvalue weighted by Crippen LogP contribution is 2.15. The van der Waals surface area contributed by atoms with Crippen molar-refractivity contribution in [3.63, 3.8) is 0 Å². The zero-order chi connectivity index (χ0) is 18.1. The Hall–Kier alpha value is -2.51. The summed E-state index contributed by atoms with van der Waals surface area (Å²) in [5, 5.41) is 5.39. The number of rotatable bonds is 7. The summed E-state index contributed by atoms with van der Waals surface area (Å²) >= 11 is 5.07. The molecule has 0 fully saturated rings. The number of thiocarbonyl (C=S) groups is 1. The second-order valence-electron chi connectivity index (χ2n) is 4.96. The third-order valence-electron chi connectivity index (χ3n) is 3.16. The van der Waals surface area contributed by atoms with E-state index in [9.17, 15) is 9.18 Å². The van der Waals surface area contributed by atoms with Gasteiger partial charge in [0.25, 0.3) is 5.91 Å². The highest BCUT2D eigenvalue weighted by molar-refractivity contribution is 7.80. The van der Waals surface area contributed by atoms with Gasteiger partial charge in [0.2, 0.25) is 0 Å². The van der Waals surface area contributed by atoms with Gasteiger partial charge in [0.1, 0.15) is 18.2 Å². The minimum Gasteiger partial charge on any atom is -0.491 e. The van der Waals surface area contributed by atoms with E-state index >= 15 is 0 Å². The van der Waals surface area contributed by atoms with Crippen LogP contribution in [0.2, 0.25) is 0 Å². The molecule has 0 saturated carbocycles. The molecule has 0 saturated heterocycles. The quantitative estimate of drug-likeness (QED) is 0.584. The van der Waals surface area contributed by atoms with E-state index in [1.165, 1.54) is 18.2 Å². The van der Waals surface area contributed by atoms with E-state index in [1.807, 2.05) is 6.92 Å². The lowest BCUT2D eigenvalue weighted by molar-refractivity contribution is 0.0974. The molecule has 0 heterocycles. The van der Waals surface area contributed by atoms with Gasteiger partial charge in [-0.25, -0.2) is 4.39 Å². The van der Waals surface area contributed by atoms with Crippen molar-refractivity contribution < 1.29 is 18.7 Å². The highest BCUT2D eigenvalue weighted by Gasteiger charge is 2.12. The molecule has 0 aliphatic carbocycles. The fourth-order valence-electron chi connectivity index (χ4n) is 1.98. The lowest BCUT2D eigenvalue weighted by atomic mass is 10.2. The average molecular weight is 362 g/mol. The predicted octanol–water partition coefficient (Wildman–Crippen LogP) is 3.37. The molecule has 0 aliphatic rings. The van der Waals surface area contributed by atoms with Crippen molar-refractivity contribution in [1.29, 1.82) is 0 Å². The Morgan fingerprint density at radius 2 is 1.84 bits per heavy atom. The molecule has 0 radical (unpaired) electrons. The van der Waals surface area contributed by atoms with Crippen molar-refractivity contribution in [2.75, 3.05) is 25.1 Å². The first-order chi connectivity index (χ1) is 12.1. The zero-order valence-electron chi connectivity index (χ0n) is 13.8. The second-order valence-corrected chi connectivity index (χ2v) is 5.37. The summed E-state index contributed by atoms with van der Waals surface area (Å²) in [7, 11) is 0. The van der Waals surface area contributed by atoms with Crippen LogP contribution in [0, 0.1) is 5.82 Å². The van der Waals surface area contributed by atoms with Gasteiger partial charge >= 0.3 is 0 Å². The molecule has 0 aromatic heterocycles. The maximum atomic E-state index is 13.6. The van der Waals surface area contributed by atoms with Crippen LogP contribution in [0.15, 0.2) is 48.5 Å². The number of hydrogen-bond donors (Lipinski definition) is 2. The summed E-state index contributed by atoms with van der Waals surface area (Å²) in [6.45, 7) is 3.58. The van der Waals surface area contributed by atoms with E-state index < -0.39 is 11.7 Å². The van der Waals surface area contributed by atoms with Crippen molar-refractivity contribution in [3.8, 4) is 5.75 Å². The van der Waals surface area contributed by atoms with Crippen LogP contribution in [0.5, 0.6) is 5.75 Å². The normalized spacial score (nSPS) is 10.2. The first-order valence-corrected chi connectivity index (χ1v) is 8.18. The smallest absolute Gasteiger partial charge is 0.260 e. The summed E-state index contributed by atoms with van der Waals surface area (Å²) in [6.07, 6.45) is 0. The van der Waals surface area contributed by atoms with Crippen LogP contribution in [-0.2, 0) is 4.74 Å². The Kier molecular flexibility index (Phi) is 7.31. The number of ether oxygens (including phenoxy) is 2. The summed E-state index contributed by atoms with van der Waals surface area (Å²) in [4.78, 5) is 12.0. The Morgan fingerprint density at radius 3 is 2.52 bits per heavy atom. The number of halogens is 1. The standard InChI is InChI=1S/C18H19FN2O3S/c1-2-23-11-12-24-14-9-7-13(8-10-14)20-18(25)21-17(22)15-5-3-4-6-16(15)19/h3-10H,2,11-12H2,1H3,(H2,20,21,22,25). The third-order valence-corrected chi connectivity index (χ3v) is 3.36. The van der Waals surface area contributed by atoms with E-state index in [2.05, 4.69) is 10.6 Å². The average Bonchev–Trinajstić information content (AvgIpc) is 2.60. The fraction of sp³-hybridized carbons (Fsp3) is 0.222. The summed E-state index contributed by atoms with van der Waals surface area (Å²) in [5.41, 5.74) is 0.612. The number of amides is 1. The maximum absolute atomic E-state index is 13.6. The van der Waals surface area contributed by atoms with Gasteiger partial charge in [0.05, 0.1) is 12.2 Å². The van der Waals surface area contributed by atoms with Gasteiger partial charge in [-0.1, -0.05) is 12.1 Å². The fourth-order valence-corrected chi connectivity index (χ4v) is 2.19. The van der Waals surface area contributed by atoms with Gasteiger partial charge in [-0.2, -0.15) is 0 Å². The van der Waals surface area contributed by atoms with Gasteiger partial charge in [-0.3, -0.25) is 10.1 Å². The molecule has 7 heteroatoms. The number of benzene rings is 2. The maximum Gasteiger partial charge on any atom is 0.260 e. The molecule has 0 spiro atoms. The molecule has 2 aromatic rings. The molecular formula is C18H19FN2O3S. The molecule has 0 unspecified atom stereocenters. The monoisotopic (exact) mass is 362 g/mol. The lowest BCUT2D eigenvalue weighted by Gasteiger charge is -2.11. The van der Waals surface area contributed by atoms with Gasteiger partial charge < -0.3 is 14.8 Å². The first-order valence-electron chi connectivity index (χ1n) is 7.77.